The number of nitrogens with one attached hydrogen (secondary N) is 2. The van der Waals surface area contributed by atoms with Gasteiger partial charge in [0.2, 0.25) is 0 Å². The van der Waals surface area contributed by atoms with Gasteiger partial charge in [-0.25, -0.2) is 4.39 Å². The minimum Gasteiger partial charge on any atom is -0.380 e. The van der Waals surface area contributed by atoms with E-state index in [0.29, 0.717) is 25.7 Å². The minimum atomic E-state index is -0.228. The van der Waals surface area contributed by atoms with E-state index in [0.717, 1.165) is 11.1 Å². The van der Waals surface area contributed by atoms with Gasteiger partial charge in [-0.05, 0) is 28.8 Å². The van der Waals surface area contributed by atoms with Crippen LogP contribution in [0.3, 0.4) is 0 Å². The van der Waals surface area contributed by atoms with Gasteiger partial charge in [-0.2, -0.15) is 0 Å². The van der Waals surface area contributed by atoms with Crippen LogP contribution < -0.4 is 10.6 Å². The first-order chi connectivity index (χ1) is 12.5. The molecule has 0 aliphatic carbocycles. The Morgan fingerprint density at radius 2 is 1.81 bits per heavy atom. The SMILES string of the molecule is CN=C(NCc1ccccc1COC)NCC(C)(C)c1cccc(F)c1. The summed E-state index contributed by atoms with van der Waals surface area (Å²) in [6.45, 7) is 6.03. The van der Waals surface area contributed by atoms with Crippen LogP contribution in [-0.4, -0.2) is 26.7 Å². The van der Waals surface area contributed by atoms with Crippen LogP contribution in [0.25, 0.3) is 0 Å². The smallest absolute Gasteiger partial charge is 0.191 e. The molecule has 0 atom stereocenters. The predicted octanol–water partition coefficient (Wildman–Crippen LogP) is 3.61. The number of nitrogens with zero attached hydrogens (tertiary/aromatic N) is 1. The molecule has 4 nitrogen and oxygen atoms in total. The number of hydrogen-bond acceptors (Lipinski definition) is 2. The molecule has 0 aliphatic heterocycles. The van der Waals surface area contributed by atoms with Crippen molar-refractivity contribution in [2.45, 2.75) is 32.4 Å². The van der Waals surface area contributed by atoms with Crippen molar-refractivity contribution in [2.75, 3.05) is 20.7 Å². The van der Waals surface area contributed by atoms with Crippen LogP contribution >= 0.6 is 0 Å². The fourth-order valence-electron chi connectivity index (χ4n) is 2.74. The summed E-state index contributed by atoms with van der Waals surface area (Å²) < 4.78 is 18.8. The van der Waals surface area contributed by atoms with E-state index in [2.05, 4.69) is 41.6 Å². The maximum Gasteiger partial charge on any atom is 0.191 e. The van der Waals surface area contributed by atoms with Crippen LogP contribution in [0.1, 0.15) is 30.5 Å². The maximum atomic E-state index is 13.5. The molecular formula is C21H28FN3O. The lowest BCUT2D eigenvalue weighted by Crippen LogP contribution is -2.43. The molecule has 140 valence electrons. The second-order valence-electron chi connectivity index (χ2n) is 6.88. The summed E-state index contributed by atoms with van der Waals surface area (Å²) in [5.41, 5.74) is 3.04. The van der Waals surface area contributed by atoms with Gasteiger partial charge in [0.25, 0.3) is 0 Å². The van der Waals surface area contributed by atoms with Gasteiger partial charge in [0.1, 0.15) is 5.82 Å². The van der Waals surface area contributed by atoms with Crippen LogP contribution in [-0.2, 0) is 23.3 Å². The summed E-state index contributed by atoms with van der Waals surface area (Å²) in [7, 11) is 3.44. The summed E-state index contributed by atoms with van der Waals surface area (Å²) in [5.74, 6) is 0.495. The van der Waals surface area contributed by atoms with Crippen molar-refractivity contribution in [1.29, 1.82) is 0 Å². The van der Waals surface area contributed by atoms with Crippen molar-refractivity contribution in [3.63, 3.8) is 0 Å². The Labute approximate surface area is 155 Å². The fraction of sp³-hybridized carbons (Fsp3) is 0.381. The Kier molecular flexibility index (Phi) is 7.16. The number of ether oxygens (including phenoxy) is 1. The molecular weight excluding hydrogens is 329 g/mol. The van der Waals surface area contributed by atoms with Gasteiger partial charge >= 0.3 is 0 Å². The van der Waals surface area contributed by atoms with Crippen molar-refractivity contribution in [1.82, 2.24) is 10.6 Å². The summed E-state index contributed by atoms with van der Waals surface area (Å²) in [6, 6.07) is 14.9. The van der Waals surface area contributed by atoms with E-state index in [4.69, 9.17) is 4.74 Å². The summed E-state index contributed by atoms with van der Waals surface area (Å²) in [5, 5.41) is 6.66. The van der Waals surface area contributed by atoms with E-state index in [-0.39, 0.29) is 11.2 Å². The Bertz CT molecular complexity index is 744. The minimum absolute atomic E-state index is 0.215. The average molecular weight is 357 g/mol. The highest BCUT2D eigenvalue weighted by molar-refractivity contribution is 5.79. The van der Waals surface area contributed by atoms with Crippen molar-refractivity contribution in [3.05, 3.63) is 71.0 Å². The third-order valence-corrected chi connectivity index (χ3v) is 4.39. The number of guanidine groups is 1. The predicted molar refractivity (Wildman–Crippen MR) is 105 cm³/mol. The molecule has 2 aromatic rings. The van der Waals surface area contributed by atoms with E-state index < -0.39 is 0 Å². The zero-order chi connectivity index (χ0) is 19.0. The van der Waals surface area contributed by atoms with Crippen LogP contribution in [0.5, 0.6) is 0 Å². The highest BCUT2D eigenvalue weighted by Crippen LogP contribution is 2.22. The highest BCUT2D eigenvalue weighted by Gasteiger charge is 2.21. The van der Waals surface area contributed by atoms with Crippen LogP contribution in [0.2, 0.25) is 0 Å². The molecule has 2 aromatic carbocycles. The molecule has 0 saturated carbocycles. The second kappa shape index (κ2) is 9.34. The molecule has 0 saturated heterocycles. The Balaban J connectivity index is 1.96. The third kappa shape index (κ3) is 5.56. The maximum absolute atomic E-state index is 13.5. The number of halogens is 1. The Morgan fingerprint density at radius 3 is 2.46 bits per heavy atom. The first-order valence-corrected chi connectivity index (χ1v) is 8.72. The zero-order valence-electron chi connectivity index (χ0n) is 16.0. The molecule has 2 rings (SSSR count). The van der Waals surface area contributed by atoms with Crippen LogP contribution in [0.4, 0.5) is 4.39 Å². The molecule has 0 fully saturated rings. The van der Waals surface area contributed by atoms with E-state index in [1.165, 1.54) is 11.6 Å². The molecule has 0 radical (unpaired) electrons. The van der Waals surface area contributed by atoms with Crippen LogP contribution in [0, 0.1) is 5.82 Å². The second-order valence-corrected chi connectivity index (χ2v) is 6.88. The van der Waals surface area contributed by atoms with Crippen molar-refractivity contribution >= 4 is 5.96 Å². The highest BCUT2D eigenvalue weighted by atomic mass is 19.1. The lowest BCUT2D eigenvalue weighted by Gasteiger charge is -2.27. The number of hydrogen-bond donors (Lipinski definition) is 2. The number of methoxy groups -OCH3 is 1. The topological polar surface area (TPSA) is 45.7 Å². The van der Waals surface area contributed by atoms with Crippen molar-refractivity contribution < 1.29 is 9.13 Å². The average Bonchev–Trinajstić information content (AvgIpc) is 2.63. The Hall–Kier alpha value is -2.40. The third-order valence-electron chi connectivity index (χ3n) is 4.39. The van der Waals surface area contributed by atoms with Gasteiger partial charge in [0.15, 0.2) is 5.96 Å². The number of rotatable bonds is 7. The summed E-state index contributed by atoms with van der Waals surface area (Å²) in [4.78, 5) is 4.28. The monoisotopic (exact) mass is 357 g/mol. The quantitative estimate of drug-likeness (QED) is 0.588. The number of benzene rings is 2. The first kappa shape index (κ1) is 19.9. The molecule has 0 heterocycles. The van der Waals surface area contributed by atoms with Gasteiger partial charge in [0, 0.05) is 32.7 Å². The largest absolute Gasteiger partial charge is 0.380 e. The molecule has 0 aliphatic rings. The standard InChI is InChI=1S/C21H28FN3O/c1-21(2,18-10-7-11-19(22)12-18)15-25-20(23-3)24-13-16-8-5-6-9-17(16)14-26-4/h5-12H,13-15H2,1-4H3,(H2,23,24,25). The zero-order valence-corrected chi connectivity index (χ0v) is 16.0. The molecule has 0 bridgehead atoms. The van der Waals surface area contributed by atoms with Gasteiger partial charge < -0.3 is 15.4 Å². The van der Waals surface area contributed by atoms with E-state index in [1.54, 1.807) is 26.3 Å². The van der Waals surface area contributed by atoms with Crippen molar-refractivity contribution in [3.8, 4) is 0 Å². The lowest BCUT2D eigenvalue weighted by atomic mass is 9.84. The number of aliphatic imine (C=N–C) groups is 1. The van der Waals surface area contributed by atoms with E-state index in [1.807, 2.05) is 18.2 Å². The molecule has 5 heteroatoms. The normalized spacial score (nSPS) is 12.1. The molecule has 0 amide bonds. The van der Waals surface area contributed by atoms with Gasteiger partial charge in [-0.1, -0.05) is 50.2 Å². The first-order valence-electron chi connectivity index (χ1n) is 8.72. The van der Waals surface area contributed by atoms with E-state index in [9.17, 15) is 4.39 Å². The van der Waals surface area contributed by atoms with Gasteiger partial charge in [-0.15, -0.1) is 0 Å². The fourth-order valence-corrected chi connectivity index (χ4v) is 2.74. The summed E-state index contributed by atoms with van der Waals surface area (Å²) >= 11 is 0. The lowest BCUT2D eigenvalue weighted by molar-refractivity contribution is 0.184. The molecule has 0 unspecified atom stereocenters. The van der Waals surface area contributed by atoms with Gasteiger partial charge in [0.05, 0.1) is 6.61 Å². The van der Waals surface area contributed by atoms with E-state index >= 15 is 0 Å². The molecule has 0 aromatic heterocycles. The molecule has 26 heavy (non-hydrogen) atoms. The summed E-state index contributed by atoms with van der Waals surface area (Å²) in [6.07, 6.45) is 0. The van der Waals surface area contributed by atoms with Crippen molar-refractivity contribution in [2.24, 2.45) is 4.99 Å². The van der Waals surface area contributed by atoms with Gasteiger partial charge in [-0.3, -0.25) is 4.99 Å². The van der Waals surface area contributed by atoms with Crippen LogP contribution in [0.15, 0.2) is 53.5 Å². The molecule has 2 N–H and O–H groups in total. The molecule has 0 spiro atoms. The Morgan fingerprint density at radius 1 is 1.08 bits per heavy atom.